The van der Waals surface area contributed by atoms with Gasteiger partial charge in [-0.2, -0.15) is 0 Å². The molecular formula is C25H33NO3. The molecule has 0 saturated heterocycles. The van der Waals surface area contributed by atoms with Crippen LogP contribution in [0, 0.1) is 13.8 Å². The third-order valence-corrected chi connectivity index (χ3v) is 4.60. The molecule has 0 aromatic heterocycles. The fourth-order valence-electron chi connectivity index (χ4n) is 3.23. The summed E-state index contributed by atoms with van der Waals surface area (Å²) in [4.78, 5) is 5.01. The second-order valence-corrected chi connectivity index (χ2v) is 7.04. The van der Waals surface area contributed by atoms with E-state index in [1.807, 2.05) is 31.2 Å². The zero-order valence-electron chi connectivity index (χ0n) is 18.3. The van der Waals surface area contributed by atoms with E-state index in [9.17, 15) is 0 Å². The summed E-state index contributed by atoms with van der Waals surface area (Å²) < 4.78 is 11.9. The average molecular weight is 396 g/mol. The number of aryl methyl sites for hydroxylation is 2. The van der Waals surface area contributed by atoms with Crippen molar-refractivity contribution >= 4 is 5.71 Å². The largest absolute Gasteiger partial charge is 0.493 e. The van der Waals surface area contributed by atoms with Crippen LogP contribution < -0.4 is 9.47 Å². The molecule has 156 valence electrons. The molecule has 0 aliphatic rings. The molecular weight excluding hydrogens is 362 g/mol. The Labute approximate surface area is 175 Å². The molecule has 2 aromatic carbocycles. The van der Waals surface area contributed by atoms with Gasteiger partial charge >= 0.3 is 0 Å². The molecule has 2 rings (SSSR count). The molecule has 2 aromatic rings. The van der Waals surface area contributed by atoms with E-state index in [-0.39, 0.29) is 0 Å². The summed E-state index contributed by atoms with van der Waals surface area (Å²) in [6.45, 7) is 9.45. The number of nitrogens with zero attached hydrogens (tertiary/aromatic N) is 1. The zero-order valence-corrected chi connectivity index (χ0v) is 18.3. The third-order valence-electron chi connectivity index (χ3n) is 4.60. The summed E-state index contributed by atoms with van der Waals surface area (Å²) in [6, 6.07) is 12.5. The molecule has 0 unspecified atom stereocenters. The molecule has 0 spiro atoms. The van der Waals surface area contributed by atoms with Gasteiger partial charge in [-0.25, -0.2) is 0 Å². The Morgan fingerprint density at radius 3 is 2.48 bits per heavy atom. The van der Waals surface area contributed by atoms with Crippen LogP contribution in [0.4, 0.5) is 0 Å². The summed E-state index contributed by atoms with van der Waals surface area (Å²) >= 11 is 0. The maximum absolute atomic E-state index is 6.12. The number of benzene rings is 2. The Bertz CT molecular complexity index is 817. The standard InChI is InChI=1S/C25H33NO3/c1-6-8-14-28-23-16-19(3)25(20(4)17-23)29-15-13-21-11-9-12-22(18-21)24(10-7-2)26-27-5/h6,8-9,11-12,16-18H,7,10,13-15H2,1-5H3/b8-6+,26-24+. The Hall–Kier alpha value is -2.75. The van der Waals surface area contributed by atoms with E-state index >= 15 is 0 Å². The first kappa shape index (κ1) is 22.5. The van der Waals surface area contributed by atoms with Crippen LogP contribution in [0.2, 0.25) is 0 Å². The molecule has 0 N–H and O–H groups in total. The number of hydrogen-bond donors (Lipinski definition) is 0. The van der Waals surface area contributed by atoms with Gasteiger partial charge in [0.05, 0.1) is 12.3 Å². The monoisotopic (exact) mass is 395 g/mol. The van der Waals surface area contributed by atoms with E-state index in [0.717, 1.165) is 53.2 Å². The average Bonchev–Trinajstić information content (AvgIpc) is 2.70. The first-order valence-corrected chi connectivity index (χ1v) is 10.3. The molecule has 0 aliphatic heterocycles. The molecule has 0 atom stereocenters. The van der Waals surface area contributed by atoms with Crippen molar-refractivity contribution in [1.82, 2.24) is 0 Å². The van der Waals surface area contributed by atoms with E-state index in [4.69, 9.17) is 14.3 Å². The van der Waals surface area contributed by atoms with Gasteiger partial charge in [-0.15, -0.1) is 0 Å². The van der Waals surface area contributed by atoms with Crippen molar-refractivity contribution in [3.63, 3.8) is 0 Å². The van der Waals surface area contributed by atoms with Crippen LogP contribution >= 0.6 is 0 Å². The molecule has 0 aliphatic carbocycles. The van der Waals surface area contributed by atoms with Gasteiger partial charge in [-0.3, -0.25) is 0 Å². The second kappa shape index (κ2) is 11.9. The van der Waals surface area contributed by atoms with Crippen LogP contribution in [0.25, 0.3) is 0 Å². The normalized spacial score (nSPS) is 11.7. The van der Waals surface area contributed by atoms with Crippen molar-refractivity contribution in [2.24, 2.45) is 5.16 Å². The first-order valence-electron chi connectivity index (χ1n) is 10.3. The number of ether oxygens (including phenoxy) is 2. The molecule has 4 heteroatoms. The molecule has 4 nitrogen and oxygen atoms in total. The summed E-state index contributed by atoms with van der Waals surface area (Å²) in [6.07, 6.45) is 6.74. The quantitative estimate of drug-likeness (QED) is 0.265. The van der Waals surface area contributed by atoms with Gasteiger partial charge in [0.2, 0.25) is 0 Å². The zero-order chi connectivity index (χ0) is 21.1. The molecule has 0 bridgehead atoms. The Morgan fingerprint density at radius 1 is 1.07 bits per heavy atom. The minimum atomic E-state index is 0.582. The van der Waals surface area contributed by atoms with E-state index in [1.165, 1.54) is 5.56 Å². The van der Waals surface area contributed by atoms with Crippen molar-refractivity contribution in [3.05, 3.63) is 70.8 Å². The highest BCUT2D eigenvalue weighted by molar-refractivity contribution is 6.00. The fraction of sp³-hybridized carbons (Fsp3) is 0.400. The lowest BCUT2D eigenvalue weighted by atomic mass is 10.0. The summed E-state index contributed by atoms with van der Waals surface area (Å²) in [5, 5.41) is 4.18. The van der Waals surface area contributed by atoms with Gasteiger partial charge in [0.1, 0.15) is 25.2 Å². The maximum atomic E-state index is 6.12. The highest BCUT2D eigenvalue weighted by Gasteiger charge is 2.09. The Balaban J connectivity index is 2.01. The molecule has 29 heavy (non-hydrogen) atoms. The molecule has 0 fully saturated rings. The molecule has 0 amide bonds. The van der Waals surface area contributed by atoms with Gasteiger partial charge in [-0.05, 0) is 67.6 Å². The first-order chi connectivity index (χ1) is 14.1. The van der Waals surface area contributed by atoms with Crippen molar-refractivity contribution in [2.45, 2.75) is 47.0 Å². The minimum absolute atomic E-state index is 0.582. The highest BCUT2D eigenvalue weighted by atomic mass is 16.6. The van der Waals surface area contributed by atoms with E-state index in [1.54, 1.807) is 7.11 Å². The number of oxime groups is 1. The van der Waals surface area contributed by atoms with E-state index in [0.29, 0.717) is 13.2 Å². The van der Waals surface area contributed by atoms with Crippen LogP contribution in [-0.4, -0.2) is 26.0 Å². The van der Waals surface area contributed by atoms with Crippen LogP contribution in [0.15, 0.2) is 53.7 Å². The minimum Gasteiger partial charge on any atom is -0.493 e. The van der Waals surface area contributed by atoms with Crippen LogP contribution in [0.3, 0.4) is 0 Å². The summed E-state index contributed by atoms with van der Waals surface area (Å²) in [7, 11) is 1.59. The van der Waals surface area contributed by atoms with Gasteiger partial charge in [-0.1, -0.05) is 48.9 Å². The maximum Gasteiger partial charge on any atom is 0.125 e. The van der Waals surface area contributed by atoms with Gasteiger partial charge < -0.3 is 14.3 Å². The van der Waals surface area contributed by atoms with Crippen molar-refractivity contribution in [1.29, 1.82) is 0 Å². The van der Waals surface area contributed by atoms with Gasteiger partial charge in [0, 0.05) is 6.42 Å². The highest BCUT2D eigenvalue weighted by Crippen LogP contribution is 2.28. The molecule has 0 heterocycles. The Morgan fingerprint density at radius 2 is 1.83 bits per heavy atom. The topological polar surface area (TPSA) is 40.0 Å². The van der Waals surface area contributed by atoms with Gasteiger partial charge in [0.15, 0.2) is 0 Å². The second-order valence-electron chi connectivity index (χ2n) is 7.04. The van der Waals surface area contributed by atoms with E-state index in [2.05, 4.69) is 50.2 Å². The van der Waals surface area contributed by atoms with Gasteiger partial charge in [0.25, 0.3) is 0 Å². The van der Waals surface area contributed by atoms with Crippen LogP contribution in [0.1, 0.15) is 48.9 Å². The molecule has 0 saturated carbocycles. The predicted molar refractivity (Wildman–Crippen MR) is 120 cm³/mol. The van der Waals surface area contributed by atoms with Crippen molar-refractivity contribution < 1.29 is 14.3 Å². The SMILES string of the molecule is C/C=C/COc1cc(C)c(OCCc2cccc(/C(CCC)=N/OC)c2)c(C)c1. The summed E-state index contributed by atoms with van der Waals surface area (Å²) in [5.74, 6) is 1.81. The number of hydrogen-bond acceptors (Lipinski definition) is 4. The smallest absolute Gasteiger partial charge is 0.125 e. The fourth-order valence-corrected chi connectivity index (χ4v) is 3.23. The lowest BCUT2D eigenvalue weighted by Gasteiger charge is -2.15. The van der Waals surface area contributed by atoms with Crippen LogP contribution in [-0.2, 0) is 11.3 Å². The summed E-state index contributed by atoms with van der Waals surface area (Å²) in [5.41, 5.74) is 5.50. The number of allylic oxidation sites excluding steroid dienone is 1. The lowest BCUT2D eigenvalue weighted by Crippen LogP contribution is -2.06. The lowest BCUT2D eigenvalue weighted by molar-refractivity contribution is 0.213. The predicted octanol–water partition coefficient (Wildman–Crippen LogP) is 6.03. The molecule has 0 radical (unpaired) electrons. The third kappa shape index (κ3) is 6.97. The number of rotatable bonds is 11. The van der Waals surface area contributed by atoms with Crippen molar-refractivity contribution in [3.8, 4) is 11.5 Å². The van der Waals surface area contributed by atoms with Crippen molar-refractivity contribution in [2.75, 3.05) is 20.3 Å². The van der Waals surface area contributed by atoms with E-state index < -0.39 is 0 Å². The Kier molecular flexibility index (Phi) is 9.29. The van der Waals surface area contributed by atoms with Crippen LogP contribution in [0.5, 0.6) is 11.5 Å².